The second kappa shape index (κ2) is 4.30. The van der Waals surface area contributed by atoms with Gasteiger partial charge in [0.15, 0.2) is 0 Å². The summed E-state index contributed by atoms with van der Waals surface area (Å²) in [4.78, 5) is 4.55. The summed E-state index contributed by atoms with van der Waals surface area (Å²) in [5, 5.41) is 0. The van der Waals surface area contributed by atoms with Gasteiger partial charge in [-0.25, -0.2) is 5.84 Å². The number of nitrogens with one attached hydrogen (secondary N) is 1. The van der Waals surface area contributed by atoms with Gasteiger partial charge in [0.2, 0.25) is 0 Å². The quantitative estimate of drug-likeness (QED) is 0.315. The van der Waals surface area contributed by atoms with Crippen LogP contribution in [0.3, 0.4) is 0 Å². The van der Waals surface area contributed by atoms with Gasteiger partial charge >= 0.3 is 0 Å². The summed E-state index contributed by atoms with van der Waals surface area (Å²) >= 11 is 0. The number of amidine groups is 1. The monoisotopic (exact) mass is 197 g/mol. The highest BCUT2D eigenvalue weighted by Gasteiger charge is 2.37. The smallest absolute Gasteiger partial charge is 0.117 e. The topological polar surface area (TPSA) is 50.4 Å². The molecule has 1 aliphatic carbocycles. The second-order valence-electron chi connectivity index (χ2n) is 5.07. The van der Waals surface area contributed by atoms with Gasteiger partial charge in [-0.3, -0.25) is 4.99 Å². The van der Waals surface area contributed by atoms with Crippen LogP contribution in [0, 0.1) is 11.3 Å². The highest BCUT2D eigenvalue weighted by molar-refractivity contribution is 5.87. The Morgan fingerprint density at radius 3 is 2.29 bits per heavy atom. The second-order valence-corrected chi connectivity index (χ2v) is 5.07. The summed E-state index contributed by atoms with van der Waals surface area (Å²) in [5.41, 5.74) is 2.88. The Labute approximate surface area is 87.1 Å². The Morgan fingerprint density at radius 1 is 1.43 bits per heavy atom. The molecule has 3 nitrogen and oxygen atoms in total. The average molecular weight is 197 g/mol. The van der Waals surface area contributed by atoms with E-state index in [1.807, 2.05) is 0 Å². The van der Waals surface area contributed by atoms with Crippen molar-refractivity contribution in [1.29, 1.82) is 0 Å². The molecule has 0 bridgehead atoms. The average Bonchev–Trinajstić information content (AvgIpc) is 1.94. The Kier molecular flexibility index (Phi) is 3.53. The largest absolute Gasteiger partial charge is 0.312 e. The Balaban J connectivity index is 2.75. The lowest BCUT2D eigenvalue weighted by atomic mass is 9.66. The molecule has 0 aromatic carbocycles. The molecule has 0 saturated heterocycles. The molecule has 1 saturated carbocycles. The highest BCUT2D eigenvalue weighted by Crippen LogP contribution is 2.42. The lowest BCUT2D eigenvalue weighted by Gasteiger charge is -2.41. The van der Waals surface area contributed by atoms with Gasteiger partial charge in [-0.15, -0.1) is 0 Å². The Hall–Kier alpha value is -0.570. The van der Waals surface area contributed by atoms with E-state index >= 15 is 0 Å². The van der Waals surface area contributed by atoms with Crippen LogP contribution in [0.25, 0.3) is 0 Å². The molecule has 0 spiro atoms. The minimum atomic E-state index is 0.108. The molecule has 14 heavy (non-hydrogen) atoms. The van der Waals surface area contributed by atoms with Crippen molar-refractivity contribution >= 4 is 5.84 Å². The van der Waals surface area contributed by atoms with E-state index in [0.29, 0.717) is 6.04 Å². The van der Waals surface area contributed by atoms with E-state index in [0.717, 1.165) is 11.8 Å². The summed E-state index contributed by atoms with van der Waals surface area (Å²) in [6.07, 6.45) is 3.98. The van der Waals surface area contributed by atoms with Gasteiger partial charge in [0.05, 0.1) is 0 Å². The van der Waals surface area contributed by atoms with Crippen LogP contribution in [-0.4, -0.2) is 11.9 Å². The predicted molar refractivity (Wildman–Crippen MR) is 61.0 cm³/mol. The summed E-state index contributed by atoms with van der Waals surface area (Å²) in [5.74, 6) is 7.25. The molecule has 0 heterocycles. The van der Waals surface area contributed by atoms with E-state index in [2.05, 4.69) is 38.1 Å². The predicted octanol–water partition coefficient (Wildman–Crippen LogP) is 2.08. The van der Waals surface area contributed by atoms with Gasteiger partial charge in [0.1, 0.15) is 5.84 Å². The van der Waals surface area contributed by atoms with E-state index < -0.39 is 0 Å². The van der Waals surface area contributed by atoms with Gasteiger partial charge in [-0.05, 0) is 32.6 Å². The first-order valence-electron chi connectivity index (χ1n) is 5.53. The summed E-state index contributed by atoms with van der Waals surface area (Å²) in [6, 6.07) is 0.306. The lowest BCUT2D eigenvalue weighted by molar-refractivity contribution is 0.182. The third-order valence-corrected chi connectivity index (χ3v) is 3.26. The van der Waals surface area contributed by atoms with Crippen molar-refractivity contribution in [2.45, 2.75) is 53.0 Å². The molecule has 0 amide bonds. The minimum Gasteiger partial charge on any atom is -0.312 e. The fourth-order valence-electron chi connectivity index (χ4n) is 1.97. The molecule has 0 aliphatic heterocycles. The van der Waals surface area contributed by atoms with Gasteiger partial charge < -0.3 is 5.43 Å². The van der Waals surface area contributed by atoms with E-state index in [-0.39, 0.29) is 5.41 Å². The number of hydrogen-bond donors (Lipinski definition) is 2. The molecule has 0 unspecified atom stereocenters. The van der Waals surface area contributed by atoms with Gasteiger partial charge in [0, 0.05) is 11.5 Å². The summed E-state index contributed by atoms with van der Waals surface area (Å²) in [7, 11) is 0. The molecular formula is C11H23N3. The first kappa shape index (κ1) is 11.5. The standard InChI is InChI=1S/C11H23N3/c1-8(2)13-10(14-12)11(3,4)9-6-5-7-9/h8-9H,5-7,12H2,1-4H3,(H,13,14). The SMILES string of the molecule is CC(C)N=C(NN)C(C)(C)C1CCC1. The number of nitrogens with two attached hydrogens (primary N) is 1. The fraction of sp³-hybridized carbons (Fsp3) is 0.909. The number of nitrogens with zero attached hydrogens (tertiary/aromatic N) is 1. The first-order valence-corrected chi connectivity index (χ1v) is 5.53. The van der Waals surface area contributed by atoms with Crippen LogP contribution in [0.15, 0.2) is 4.99 Å². The zero-order chi connectivity index (χ0) is 10.8. The van der Waals surface area contributed by atoms with Crippen LogP contribution >= 0.6 is 0 Å². The zero-order valence-corrected chi connectivity index (χ0v) is 9.80. The van der Waals surface area contributed by atoms with Gasteiger partial charge in [-0.2, -0.15) is 0 Å². The molecule has 1 aliphatic rings. The van der Waals surface area contributed by atoms with Crippen LogP contribution in [0.2, 0.25) is 0 Å². The van der Waals surface area contributed by atoms with Crippen molar-refractivity contribution in [1.82, 2.24) is 5.43 Å². The Bertz CT molecular complexity index is 215. The maximum Gasteiger partial charge on any atom is 0.117 e. The molecule has 0 aromatic heterocycles. The molecule has 0 radical (unpaired) electrons. The molecule has 0 aromatic rings. The van der Waals surface area contributed by atoms with Crippen LogP contribution in [0.5, 0.6) is 0 Å². The molecular weight excluding hydrogens is 174 g/mol. The highest BCUT2D eigenvalue weighted by atomic mass is 15.3. The number of hydrazine groups is 1. The van der Waals surface area contributed by atoms with Crippen molar-refractivity contribution in [3.05, 3.63) is 0 Å². The molecule has 1 rings (SSSR count). The fourth-order valence-corrected chi connectivity index (χ4v) is 1.97. The van der Waals surface area contributed by atoms with E-state index in [1.54, 1.807) is 0 Å². The normalized spacial score (nSPS) is 19.7. The molecule has 82 valence electrons. The number of rotatable bonds is 3. The van der Waals surface area contributed by atoms with Gasteiger partial charge in [-0.1, -0.05) is 20.3 Å². The van der Waals surface area contributed by atoms with Crippen LogP contribution in [-0.2, 0) is 0 Å². The molecule has 1 fully saturated rings. The lowest BCUT2D eigenvalue weighted by Crippen LogP contribution is -2.47. The van der Waals surface area contributed by atoms with Crippen LogP contribution in [0.4, 0.5) is 0 Å². The van der Waals surface area contributed by atoms with E-state index in [9.17, 15) is 0 Å². The van der Waals surface area contributed by atoms with Crippen molar-refractivity contribution in [2.24, 2.45) is 22.2 Å². The third kappa shape index (κ3) is 2.27. The van der Waals surface area contributed by atoms with Gasteiger partial charge in [0.25, 0.3) is 0 Å². The molecule has 3 heteroatoms. The molecule has 0 atom stereocenters. The zero-order valence-electron chi connectivity index (χ0n) is 9.80. The maximum absolute atomic E-state index is 5.54. The minimum absolute atomic E-state index is 0.108. The molecule has 3 N–H and O–H groups in total. The van der Waals surface area contributed by atoms with Crippen molar-refractivity contribution in [2.75, 3.05) is 0 Å². The van der Waals surface area contributed by atoms with Crippen LogP contribution < -0.4 is 11.3 Å². The number of hydrogen-bond acceptors (Lipinski definition) is 2. The van der Waals surface area contributed by atoms with Crippen molar-refractivity contribution in [3.63, 3.8) is 0 Å². The summed E-state index contributed by atoms with van der Waals surface area (Å²) < 4.78 is 0. The maximum atomic E-state index is 5.54. The Morgan fingerprint density at radius 2 is 2.00 bits per heavy atom. The summed E-state index contributed by atoms with van der Waals surface area (Å²) in [6.45, 7) is 8.62. The van der Waals surface area contributed by atoms with E-state index in [4.69, 9.17) is 5.84 Å². The van der Waals surface area contributed by atoms with Crippen molar-refractivity contribution in [3.8, 4) is 0 Å². The number of aliphatic imine (C=N–C) groups is 1. The van der Waals surface area contributed by atoms with Crippen LogP contribution in [0.1, 0.15) is 47.0 Å². The van der Waals surface area contributed by atoms with Crippen molar-refractivity contribution < 1.29 is 0 Å². The van der Waals surface area contributed by atoms with E-state index in [1.165, 1.54) is 19.3 Å². The third-order valence-electron chi connectivity index (χ3n) is 3.26. The first-order chi connectivity index (χ1) is 6.48.